The second-order valence-electron chi connectivity index (χ2n) is 7.52. The quantitative estimate of drug-likeness (QED) is 0.686. The van der Waals surface area contributed by atoms with Gasteiger partial charge in [-0.05, 0) is 25.0 Å². The Hall–Kier alpha value is -1.55. The fraction of sp³-hybridized carbons (Fsp3) is 0.667. The molecule has 0 aliphatic carbocycles. The summed E-state index contributed by atoms with van der Waals surface area (Å²) in [5.74, 6) is -0.167. The molecular weight excluding hydrogens is 370 g/mol. The van der Waals surface area contributed by atoms with E-state index in [9.17, 15) is 13.2 Å². The van der Waals surface area contributed by atoms with Gasteiger partial charge in [0, 0.05) is 51.5 Å². The first-order chi connectivity index (χ1) is 13.0. The monoisotopic (exact) mass is 395 g/mol. The number of nitrogens with zero attached hydrogens (tertiary/aromatic N) is 3. The fourth-order valence-electron chi connectivity index (χ4n) is 4.22. The third kappa shape index (κ3) is 3.73. The molecule has 1 atom stereocenters. The zero-order valence-electron chi connectivity index (χ0n) is 15.2. The second kappa shape index (κ2) is 7.46. The van der Waals surface area contributed by atoms with Gasteiger partial charge in [0.25, 0.3) is 0 Å². The van der Waals surface area contributed by atoms with Crippen LogP contribution in [-0.2, 0) is 24.3 Å². The zero-order chi connectivity index (χ0) is 18.9. The van der Waals surface area contributed by atoms with Crippen molar-refractivity contribution in [1.82, 2.24) is 14.2 Å². The van der Waals surface area contributed by atoms with Crippen LogP contribution >= 0.6 is 0 Å². The van der Waals surface area contributed by atoms with Crippen LogP contribution in [0, 0.1) is 5.41 Å². The minimum Gasteiger partial charge on any atom is -0.461 e. The maximum absolute atomic E-state index is 12.8. The van der Waals surface area contributed by atoms with E-state index in [1.807, 2.05) is 0 Å². The fourth-order valence-corrected chi connectivity index (χ4v) is 5.63. The van der Waals surface area contributed by atoms with E-state index in [2.05, 4.69) is 9.88 Å². The van der Waals surface area contributed by atoms with Gasteiger partial charge in [-0.25, -0.2) is 8.42 Å². The Morgan fingerprint density at radius 2 is 1.93 bits per heavy atom. The number of hydrogen-bond donors (Lipinski definition) is 0. The van der Waals surface area contributed by atoms with E-state index in [1.165, 1.54) is 10.5 Å². The molecule has 0 N–H and O–H groups in total. The molecular formula is C18H25N3O5S. The van der Waals surface area contributed by atoms with Gasteiger partial charge in [0.2, 0.25) is 10.0 Å². The summed E-state index contributed by atoms with van der Waals surface area (Å²) in [5, 5.41) is 0. The predicted octanol–water partition coefficient (Wildman–Crippen LogP) is 0.500. The summed E-state index contributed by atoms with van der Waals surface area (Å²) in [5.41, 5.74) is -0.544. The summed E-state index contributed by atoms with van der Waals surface area (Å²) in [7, 11) is -3.57. The molecule has 27 heavy (non-hydrogen) atoms. The molecule has 0 radical (unpaired) electrons. The highest BCUT2D eigenvalue weighted by molar-refractivity contribution is 7.89. The van der Waals surface area contributed by atoms with Crippen LogP contribution in [-0.4, -0.2) is 80.6 Å². The third-order valence-electron chi connectivity index (χ3n) is 5.84. The van der Waals surface area contributed by atoms with Gasteiger partial charge in [0.1, 0.15) is 11.0 Å². The maximum Gasteiger partial charge on any atom is 0.312 e. The Balaban J connectivity index is 1.38. The molecule has 4 heterocycles. The van der Waals surface area contributed by atoms with Gasteiger partial charge in [-0.15, -0.1) is 0 Å². The summed E-state index contributed by atoms with van der Waals surface area (Å²) in [4.78, 5) is 18.9. The highest BCUT2D eigenvalue weighted by atomic mass is 32.2. The van der Waals surface area contributed by atoms with Crippen LogP contribution in [0.4, 0.5) is 0 Å². The molecule has 0 saturated carbocycles. The first kappa shape index (κ1) is 18.8. The van der Waals surface area contributed by atoms with Crippen molar-refractivity contribution in [3.05, 3.63) is 24.5 Å². The number of pyridine rings is 1. The molecule has 3 aliphatic heterocycles. The Labute approximate surface area is 159 Å². The van der Waals surface area contributed by atoms with Gasteiger partial charge in [-0.2, -0.15) is 4.31 Å². The number of ether oxygens (including phenoxy) is 2. The molecule has 0 aromatic carbocycles. The third-order valence-corrected chi connectivity index (χ3v) is 7.72. The van der Waals surface area contributed by atoms with Crippen LogP contribution in [0.2, 0.25) is 0 Å². The summed E-state index contributed by atoms with van der Waals surface area (Å²) in [6.45, 7) is 4.54. The topological polar surface area (TPSA) is 89.0 Å². The van der Waals surface area contributed by atoms with E-state index in [0.29, 0.717) is 45.6 Å². The summed E-state index contributed by atoms with van der Waals surface area (Å²) >= 11 is 0. The van der Waals surface area contributed by atoms with Crippen molar-refractivity contribution in [1.29, 1.82) is 0 Å². The lowest BCUT2D eigenvalue weighted by Crippen LogP contribution is -2.45. The smallest absolute Gasteiger partial charge is 0.312 e. The summed E-state index contributed by atoms with van der Waals surface area (Å²) < 4.78 is 38.0. The van der Waals surface area contributed by atoms with Crippen molar-refractivity contribution in [2.45, 2.75) is 30.3 Å². The first-order valence-electron chi connectivity index (χ1n) is 9.41. The molecule has 9 heteroatoms. The number of cyclic esters (lactones) is 1. The SMILES string of the molecule is O=C1OC(CN2CCOCC2)CC12CCN(S(=O)(=O)c1cccnc1)CC2. The molecule has 1 spiro atoms. The van der Waals surface area contributed by atoms with Crippen molar-refractivity contribution in [2.24, 2.45) is 5.41 Å². The van der Waals surface area contributed by atoms with Gasteiger partial charge in [-0.1, -0.05) is 0 Å². The molecule has 1 unspecified atom stereocenters. The number of morpholine rings is 1. The van der Waals surface area contributed by atoms with Crippen molar-refractivity contribution in [3.8, 4) is 0 Å². The van der Waals surface area contributed by atoms with Crippen LogP contribution in [0.5, 0.6) is 0 Å². The molecule has 3 saturated heterocycles. The number of rotatable bonds is 4. The van der Waals surface area contributed by atoms with Gasteiger partial charge in [0.05, 0.1) is 18.6 Å². The van der Waals surface area contributed by atoms with Gasteiger partial charge >= 0.3 is 5.97 Å². The Bertz CT molecular complexity index is 771. The Kier molecular flexibility index (Phi) is 5.19. The summed E-state index contributed by atoms with van der Waals surface area (Å²) in [6, 6.07) is 3.16. The average Bonchev–Trinajstić information content (AvgIpc) is 2.98. The van der Waals surface area contributed by atoms with E-state index in [0.717, 1.165) is 19.6 Å². The first-order valence-corrected chi connectivity index (χ1v) is 10.9. The van der Waals surface area contributed by atoms with Crippen LogP contribution in [0.1, 0.15) is 19.3 Å². The van der Waals surface area contributed by atoms with E-state index in [1.54, 1.807) is 18.3 Å². The number of aromatic nitrogens is 1. The van der Waals surface area contributed by atoms with Gasteiger partial charge in [0.15, 0.2) is 0 Å². The number of hydrogen-bond acceptors (Lipinski definition) is 7. The predicted molar refractivity (Wildman–Crippen MR) is 96.4 cm³/mol. The van der Waals surface area contributed by atoms with E-state index < -0.39 is 15.4 Å². The van der Waals surface area contributed by atoms with Crippen LogP contribution in [0.15, 0.2) is 29.4 Å². The Morgan fingerprint density at radius 1 is 1.19 bits per heavy atom. The van der Waals surface area contributed by atoms with E-state index >= 15 is 0 Å². The number of carbonyl (C=O) groups excluding carboxylic acids is 1. The van der Waals surface area contributed by atoms with Crippen molar-refractivity contribution in [3.63, 3.8) is 0 Å². The van der Waals surface area contributed by atoms with E-state index in [4.69, 9.17) is 9.47 Å². The lowest BCUT2D eigenvalue weighted by atomic mass is 9.76. The van der Waals surface area contributed by atoms with Crippen LogP contribution in [0.25, 0.3) is 0 Å². The molecule has 148 valence electrons. The maximum atomic E-state index is 12.8. The molecule has 1 aromatic rings. The number of esters is 1. The molecule has 0 amide bonds. The molecule has 4 rings (SSSR count). The minimum atomic E-state index is -3.57. The van der Waals surface area contributed by atoms with Crippen molar-refractivity contribution < 1.29 is 22.7 Å². The van der Waals surface area contributed by atoms with E-state index in [-0.39, 0.29) is 17.0 Å². The normalized spacial score (nSPS) is 27.0. The number of piperidine rings is 1. The highest BCUT2D eigenvalue weighted by Crippen LogP contribution is 2.44. The average molecular weight is 395 g/mol. The van der Waals surface area contributed by atoms with Crippen molar-refractivity contribution >= 4 is 16.0 Å². The largest absolute Gasteiger partial charge is 0.461 e. The second-order valence-corrected chi connectivity index (χ2v) is 9.46. The van der Waals surface area contributed by atoms with Gasteiger partial charge in [-0.3, -0.25) is 14.7 Å². The van der Waals surface area contributed by atoms with Gasteiger partial charge < -0.3 is 9.47 Å². The zero-order valence-corrected chi connectivity index (χ0v) is 16.1. The number of carbonyl (C=O) groups is 1. The summed E-state index contributed by atoms with van der Waals surface area (Å²) in [6.07, 6.45) is 4.48. The van der Waals surface area contributed by atoms with Crippen LogP contribution in [0.3, 0.4) is 0 Å². The lowest BCUT2D eigenvalue weighted by molar-refractivity contribution is -0.151. The van der Waals surface area contributed by atoms with Crippen molar-refractivity contribution in [2.75, 3.05) is 45.9 Å². The molecule has 3 fully saturated rings. The standard InChI is InChI=1S/C18H25N3O5S/c22-17-18(12-15(26-17)14-20-8-10-25-11-9-20)3-6-21(7-4-18)27(23,24)16-2-1-5-19-13-16/h1-2,5,13,15H,3-4,6-12,14H2. The lowest BCUT2D eigenvalue weighted by Gasteiger charge is -2.35. The highest BCUT2D eigenvalue weighted by Gasteiger charge is 2.51. The Morgan fingerprint density at radius 3 is 2.59 bits per heavy atom. The van der Waals surface area contributed by atoms with Crippen LogP contribution < -0.4 is 0 Å². The minimum absolute atomic E-state index is 0.114. The molecule has 3 aliphatic rings. The molecule has 1 aromatic heterocycles. The number of sulfonamides is 1. The molecule has 8 nitrogen and oxygen atoms in total. The molecule has 0 bridgehead atoms.